The fourth-order valence-electron chi connectivity index (χ4n) is 3.50. The molecule has 1 aliphatic rings. The maximum absolute atomic E-state index is 12.7. The molecule has 160 valence electrons. The van der Waals surface area contributed by atoms with E-state index in [4.69, 9.17) is 9.47 Å². The molecule has 0 aromatic heterocycles. The van der Waals surface area contributed by atoms with Crippen molar-refractivity contribution in [1.29, 1.82) is 0 Å². The number of amides is 1. The predicted octanol–water partition coefficient (Wildman–Crippen LogP) is 4.55. The first-order valence-electron chi connectivity index (χ1n) is 9.57. The lowest BCUT2D eigenvalue weighted by atomic mass is 9.93. The number of rotatable bonds is 6. The first-order valence-corrected chi connectivity index (χ1v) is 9.57. The third-order valence-corrected chi connectivity index (χ3v) is 5.01. The zero-order chi connectivity index (χ0) is 21.5. The molecule has 0 spiro atoms. The third-order valence-electron chi connectivity index (χ3n) is 5.01. The summed E-state index contributed by atoms with van der Waals surface area (Å²) in [5, 5.41) is 0. The number of benzene rings is 2. The normalized spacial score (nSPS) is 18.9. The van der Waals surface area contributed by atoms with Crippen LogP contribution in [-0.2, 0) is 20.8 Å². The van der Waals surface area contributed by atoms with E-state index in [1.165, 1.54) is 12.0 Å². The Kier molecular flexibility index (Phi) is 7.35. The summed E-state index contributed by atoms with van der Waals surface area (Å²) in [5.74, 6) is -0.483. The molecule has 0 aliphatic carbocycles. The van der Waals surface area contributed by atoms with Crippen LogP contribution in [0.1, 0.15) is 40.4 Å². The maximum atomic E-state index is 12.7. The van der Waals surface area contributed by atoms with Gasteiger partial charge < -0.3 is 19.1 Å². The molecule has 2 aromatic carbocycles. The lowest BCUT2D eigenvalue weighted by molar-refractivity contribution is -0.176. The van der Waals surface area contributed by atoms with Crippen molar-refractivity contribution in [2.75, 3.05) is 13.7 Å². The van der Waals surface area contributed by atoms with Gasteiger partial charge >= 0.3 is 18.7 Å². The number of carbonyl (C=O) groups excluding carboxylic acids is 2. The van der Waals surface area contributed by atoms with Crippen LogP contribution < -0.4 is 0 Å². The Morgan fingerprint density at radius 1 is 1.10 bits per heavy atom. The Labute approximate surface area is 173 Å². The summed E-state index contributed by atoms with van der Waals surface area (Å²) < 4.78 is 40.3. The minimum Gasteiger partial charge on any atom is -0.465 e. The molecule has 30 heavy (non-hydrogen) atoms. The van der Waals surface area contributed by atoms with Crippen LogP contribution in [0.3, 0.4) is 0 Å². The van der Waals surface area contributed by atoms with Crippen molar-refractivity contribution in [2.24, 2.45) is 0 Å². The molecule has 2 aromatic rings. The van der Waals surface area contributed by atoms with Gasteiger partial charge in [0.05, 0.1) is 24.8 Å². The van der Waals surface area contributed by atoms with Gasteiger partial charge in [-0.2, -0.15) is 8.78 Å². The van der Waals surface area contributed by atoms with E-state index >= 15 is 0 Å². The van der Waals surface area contributed by atoms with E-state index in [0.717, 1.165) is 5.56 Å². The minimum atomic E-state index is -2.88. The van der Waals surface area contributed by atoms with Crippen LogP contribution in [0.4, 0.5) is 13.6 Å². The molecule has 1 aliphatic heterocycles. The van der Waals surface area contributed by atoms with Gasteiger partial charge in [-0.3, -0.25) is 0 Å². The maximum Gasteiger partial charge on any atom is 0.410 e. The number of ether oxygens (including phenoxy) is 3. The SMILES string of the molecule is COC(=O)c1ccc(C2CC(OC(F)F)CCN2C(=O)OCc2ccccc2)cc1. The van der Waals surface area contributed by atoms with Gasteiger partial charge in [0.15, 0.2) is 0 Å². The molecule has 0 radical (unpaired) electrons. The molecule has 1 fully saturated rings. The van der Waals surface area contributed by atoms with Crippen molar-refractivity contribution < 1.29 is 32.6 Å². The Hall–Kier alpha value is -3.00. The highest BCUT2D eigenvalue weighted by molar-refractivity contribution is 5.89. The lowest BCUT2D eigenvalue weighted by Crippen LogP contribution is -2.43. The topological polar surface area (TPSA) is 65.1 Å². The number of halogens is 2. The number of methoxy groups -OCH3 is 1. The Balaban J connectivity index is 1.75. The molecule has 2 unspecified atom stereocenters. The highest BCUT2D eigenvalue weighted by atomic mass is 19.3. The molecule has 8 heteroatoms. The summed E-state index contributed by atoms with van der Waals surface area (Å²) in [6.45, 7) is -2.55. The first kappa shape index (κ1) is 21.7. The smallest absolute Gasteiger partial charge is 0.410 e. The van der Waals surface area contributed by atoms with Crippen LogP contribution >= 0.6 is 0 Å². The van der Waals surface area contributed by atoms with Gasteiger partial charge in [-0.1, -0.05) is 42.5 Å². The number of likely N-dealkylation sites (tertiary alicyclic amines) is 1. The van der Waals surface area contributed by atoms with Crippen molar-refractivity contribution in [3.63, 3.8) is 0 Å². The van der Waals surface area contributed by atoms with Gasteiger partial charge in [0.1, 0.15) is 6.61 Å². The van der Waals surface area contributed by atoms with Crippen LogP contribution in [0.2, 0.25) is 0 Å². The van der Waals surface area contributed by atoms with Crippen molar-refractivity contribution in [1.82, 2.24) is 4.90 Å². The lowest BCUT2D eigenvalue weighted by Gasteiger charge is -2.38. The predicted molar refractivity (Wildman–Crippen MR) is 104 cm³/mol. The molecule has 6 nitrogen and oxygen atoms in total. The van der Waals surface area contributed by atoms with Gasteiger partial charge in [0.2, 0.25) is 0 Å². The fraction of sp³-hybridized carbons (Fsp3) is 0.364. The second-order valence-corrected chi connectivity index (χ2v) is 6.91. The minimum absolute atomic E-state index is 0.112. The van der Waals surface area contributed by atoms with Gasteiger partial charge in [0.25, 0.3) is 0 Å². The highest BCUT2D eigenvalue weighted by Crippen LogP contribution is 2.34. The van der Waals surface area contributed by atoms with E-state index in [9.17, 15) is 18.4 Å². The monoisotopic (exact) mass is 419 g/mol. The summed E-state index contributed by atoms with van der Waals surface area (Å²) in [5.41, 5.74) is 1.90. The summed E-state index contributed by atoms with van der Waals surface area (Å²) in [7, 11) is 1.29. The van der Waals surface area contributed by atoms with E-state index in [-0.39, 0.29) is 26.0 Å². The first-order chi connectivity index (χ1) is 14.5. The Morgan fingerprint density at radius 3 is 2.43 bits per heavy atom. The Bertz CT molecular complexity index is 844. The van der Waals surface area contributed by atoms with E-state index in [0.29, 0.717) is 11.1 Å². The van der Waals surface area contributed by atoms with Crippen LogP contribution in [0.5, 0.6) is 0 Å². The standard InChI is InChI=1S/C22H23F2NO5/c1-28-20(26)17-9-7-16(8-10-17)19-13-18(30-21(23)24)11-12-25(19)22(27)29-14-15-5-3-2-4-6-15/h2-10,18-19,21H,11-14H2,1H3. The van der Waals surface area contributed by atoms with Crippen molar-refractivity contribution in [3.8, 4) is 0 Å². The molecular weight excluding hydrogens is 396 g/mol. The molecule has 3 rings (SSSR count). The second-order valence-electron chi connectivity index (χ2n) is 6.91. The average Bonchev–Trinajstić information content (AvgIpc) is 2.77. The largest absolute Gasteiger partial charge is 0.465 e. The van der Waals surface area contributed by atoms with E-state index in [1.54, 1.807) is 24.3 Å². The second kappa shape index (κ2) is 10.2. The molecule has 0 bridgehead atoms. The molecule has 2 atom stereocenters. The zero-order valence-electron chi connectivity index (χ0n) is 16.5. The van der Waals surface area contributed by atoms with Crippen molar-refractivity contribution in [2.45, 2.75) is 38.2 Å². The zero-order valence-corrected chi connectivity index (χ0v) is 16.5. The van der Waals surface area contributed by atoms with Crippen molar-refractivity contribution >= 4 is 12.1 Å². The van der Waals surface area contributed by atoms with Crippen LogP contribution in [0.15, 0.2) is 54.6 Å². The molecular formula is C22H23F2NO5. The third kappa shape index (κ3) is 5.54. The van der Waals surface area contributed by atoms with E-state index in [1.807, 2.05) is 30.3 Å². The van der Waals surface area contributed by atoms with Gasteiger partial charge in [-0.15, -0.1) is 0 Å². The number of esters is 1. The molecule has 0 saturated carbocycles. The average molecular weight is 419 g/mol. The van der Waals surface area contributed by atoms with Crippen LogP contribution in [0, 0.1) is 0 Å². The summed E-state index contributed by atoms with van der Waals surface area (Å²) >= 11 is 0. The van der Waals surface area contributed by atoms with Crippen molar-refractivity contribution in [3.05, 3.63) is 71.3 Å². The number of carbonyl (C=O) groups is 2. The molecule has 1 heterocycles. The van der Waals surface area contributed by atoms with Gasteiger partial charge in [-0.05, 0) is 36.1 Å². The summed E-state index contributed by atoms with van der Waals surface area (Å²) in [6.07, 6.45) is -0.742. The number of piperidine rings is 1. The van der Waals surface area contributed by atoms with Crippen LogP contribution in [0.25, 0.3) is 0 Å². The highest BCUT2D eigenvalue weighted by Gasteiger charge is 2.35. The number of alkyl halides is 2. The summed E-state index contributed by atoms with van der Waals surface area (Å²) in [4.78, 5) is 25.9. The fourth-order valence-corrected chi connectivity index (χ4v) is 3.50. The quantitative estimate of drug-likeness (QED) is 0.643. The van der Waals surface area contributed by atoms with Gasteiger partial charge in [-0.25, -0.2) is 9.59 Å². The van der Waals surface area contributed by atoms with Crippen LogP contribution in [-0.4, -0.2) is 43.3 Å². The Morgan fingerprint density at radius 2 is 1.80 bits per heavy atom. The van der Waals surface area contributed by atoms with E-state index < -0.39 is 30.8 Å². The molecule has 1 amide bonds. The van der Waals surface area contributed by atoms with E-state index in [2.05, 4.69) is 4.74 Å². The molecule has 0 N–H and O–H groups in total. The van der Waals surface area contributed by atoms with Gasteiger partial charge in [0, 0.05) is 6.54 Å². The number of nitrogens with zero attached hydrogens (tertiary/aromatic N) is 1. The number of hydrogen-bond acceptors (Lipinski definition) is 5. The molecule has 1 saturated heterocycles. The number of hydrogen-bond donors (Lipinski definition) is 0. The summed E-state index contributed by atoms with van der Waals surface area (Å²) in [6, 6.07) is 15.3.